The molecule has 16 heavy (non-hydrogen) atoms. The number of benzene rings is 1. The van der Waals surface area contributed by atoms with Gasteiger partial charge in [0, 0.05) is 12.2 Å². The molecule has 3 N–H and O–H groups in total. The lowest BCUT2D eigenvalue weighted by atomic mass is 10.0. The summed E-state index contributed by atoms with van der Waals surface area (Å²) in [4.78, 5) is 10.5. The van der Waals surface area contributed by atoms with Crippen LogP contribution >= 0.6 is 0 Å². The van der Waals surface area contributed by atoms with Gasteiger partial charge in [0.25, 0.3) is 0 Å². The van der Waals surface area contributed by atoms with Crippen LogP contribution in [0.15, 0.2) is 24.3 Å². The van der Waals surface area contributed by atoms with Gasteiger partial charge in [-0.25, -0.2) is 0 Å². The number of carbonyl (C=O) groups is 1. The lowest BCUT2D eigenvalue weighted by molar-refractivity contribution is -0.117. The van der Waals surface area contributed by atoms with Crippen molar-refractivity contribution in [2.45, 2.75) is 19.3 Å². The number of aryl methyl sites for hydroxylation is 1. The maximum atomic E-state index is 10.5. The van der Waals surface area contributed by atoms with Crippen LogP contribution in [0.1, 0.15) is 24.0 Å². The Bertz CT molecular complexity index is 415. The fourth-order valence-electron chi connectivity index (χ4n) is 1.36. The van der Waals surface area contributed by atoms with E-state index in [1.54, 1.807) is 0 Å². The molecule has 0 aliphatic rings. The summed E-state index contributed by atoms with van der Waals surface area (Å²) >= 11 is 0. The second-order valence-corrected chi connectivity index (χ2v) is 3.43. The highest BCUT2D eigenvalue weighted by atomic mass is 16.2. The summed E-state index contributed by atoms with van der Waals surface area (Å²) in [5.74, 6) is 5.24. The predicted octanol–water partition coefficient (Wildman–Crippen LogP) is 0.838. The first-order valence-electron chi connectivity index (χ1n) is 5.20. The first-order chi connectivity index (χ1) is 7.74. The Morgan fingerprint density at radius 3 is 2.81 bits per heavy atom. The minimum Gasteiger partial charge on any atom is -0.396 e. The summed E-state index contributed by atoms with van der Waals surface area (Å²) in [5.41, 5.74) is 6.99. The molecule has 0 unspecified atom stereocenters. The average molecular weight is 217 g/mol. The normalized spacial score (nSPS) is 9.31. The summed E-state index contributed by atoms with van der Waals surface area (Å²) in [6, 6.07) is 7.72. The summed E-state index contributed by atoms with van der Waals surface area (Å²) in [5, 5.41) is 8.77. The van der Waals surface area contributed by atoms with Crippen LogP contribution in [0.5, 0.6) is 0 Å². The molecule has 0 aliphatic heterocycles. The molecule has 0 spiro atoms. The fraction of sp³-hybridized carbons (Fsp3) is 0.308. The highest BCUT2D eigenvalue weighted by molar-refractivity contribution is 5.76. The SMILES string of the molecule is NC(=O)CC#Cc1ccccc1CCCO. The molecular formula is C13H15NO2. The fourth-order valence-corrected chi connectivity index (χ4v) is 1.36. The van der Waals surface area contributed by atoms with Gasteiger partial charge in [-0.1, -0.05) is 30.0 Å². The van der Waals surface area contributed by atoms with Crippen molar-refractivity contribution in [3.05, 3.63) is 35.4 Å². The van der Waals surface area contributed by atoms with Gasteiger partial charge in [0.2, 0.25) is 5.91 Å². The monoisotopic (exact) mass is 217 g/mol. The first kappa shape index (κ1) is 12.3. The molecule has 0 aliphatic carbocycles. The Balaban J connectivity index is 2.76. The summed E-state index contributed by atoms with van der Waals surface area (Å²) in [6.07, 6.45) is 1.58. The number of nitrogens with two attached hydrogens (primary N) is 1. The number of primary amides is 1. The molecule has 0 heterocycles. The molecule has 0 radical (unpaired) electrons. The third-order valence-corrected chi connectivity index (χ3v) is 2.11. The maximum absolute atomic E-state index is 10.5. The second-order valence-electron chi connectivity index (χ2n) is 3.43. The van der Waals surface area contributed by atoms with Crippen molar-refractivity contribution in [1.29, 1.82) is 0 Å². The van der Waals surface area contributed by atoms with Crippen molar-refractivity contribution in [1.82, 2.24) is 0 Å². The van der Waals surface area contributed by atoms with Crippen molar-refractivity contribution in [2.24, 2.45) is 5.73 Å². The minimum absolute atomic E-state index is 0.0777. The van der Waals surface area contributed by atoms with Gasteiger partial charge in [0.1, 0.15) is 0 Å². The Morgan fingerprint density at radius 1 is 1.38 bits per heavy atom. The zero-order valence-corrected chi connectivity index (χ0v) is 9.07. The quantitative estimate of drug-likeness (QED) is 0.734. The maximum Gasteiger partial charge on any atom is 0.229 e. The van der Waals surface area contributed by atoms with E-state index in [2.05, 4.69) is 11.8 Å². The number of hydrogen-bond donors (Lipinski definition) is 2. The molecule has 0 saturated carbocycles. The number of hydrogen-bond acceptors (Lipinski definition) is 2. The van der Waals surface area contributed by atoms with Crippen LogP contribution in [-0.2, 0) is 11.2 Å². The molecule has 1 amide bonds. The third kappa shape index (κ3) is 4.16. The molecule has 0 fully saturated rings. The van der Waals surface area contributed by atoms with E-state index in [0.29, 0.717) is 6.42 Å². The predicted molar refractivity (Wildman–Crippen MR) is 62.5 cm³/mol. The smallest absolute Gasteiger partial charge is 0.229 e. The van der Waals surface area contributed by atoms with Gasteiger partial charge < -0.3 is 10.8 Å². The van der Waals surface area contributed by atoms with E-state index in [1.165, 1.54) is 0 Å². The van der Waals surface area contributed by atoms with Gasteiger partial charge in [0.15, 0.2) is 0 Å². The van der Waals surface area contributed by atoms with Crippen LogP contribution in [0.3, 0.4) is 0 Å². The van der Waals surface area contributed by atoms with E-state index in [0.717, 1.165) is 17.5 Å². The highest BCUT2D eigenvalue weighted by Gasteiger charge is 1.98. The second kappa shape index (κ2) is 6.65. The molecule has 0 aromatic heterocycles. The number of amides is 1. The Hall–Kier alpha value is -1.79. The summed E-state index contributed by atoms with van der Waals surface area (Å²) < 4.78 is 0. The Kier molecular flexibility index (Phi) is 5.10. The number of aliphatic hydroxyl groups is 1. The van der Waals surface area contributed by atoms with Gasteiger partial charge in [0.05, 0.1) is 6.42 Å². The summed E-state index contributed by atoms with van der Waals surface area (Å²) in [7, 11) is 0. The van der Waals surface area contributed by atoms with Gasteiger partial charge in [-0.05, 0) is 24.5 Å². The minimum atomic E-state index is -0.416. The highest BCUT2D eigenvalue weighted by Crippen LogP contribution is 2.09. The van der Waals surface area contributed by atoms with Crippen molar-refractivity contribution in [3.8, 4) is 11.8 Å². The molecule has 84 valence electrons. The van der Waals surface area contributed by atoms with Crippen molar-refractivity contribution >= 4 is 5.91 Å². The van der Waals surface area contributed by atoms with Crippen LogP contribution in [0.4, 0.5) is 0 Å². The van der Waals surface area contributed by atoms with Crippen LogP contribution in [0.25, 0.3) is 0 Å². The van der Waals surface area contributed by atoms with Gasteiger partial charge in [-0.2, -0.15) is 0 Å². The molecule has 0 saturated heterocycles. The van der Waals surface area contributed by atoms with E-state index >= 15 is 0 Å². The molecule has 3 nitrogen and oxygen atoms in total. The molecule has 1 rings (SSSR count). The van der Waals surface area contributed by atoms with E-state index in [-0.39, 0.29) is 13.0 Å². The van der Waals surface area contributed by atoms with Crippen LogP contribution in [-0.4, -0.2) is 17.6 Å². The average Bonchev–Trinajstić information content (AvgIpc) is 2.27. The topological polar surface area (TPSA) is 63.3 Å². The molecule has 0 atom stereocenters. The van der Waals surface area contributed by atoms with Crippen LogP contribution < -0.4 is 5.73 Å². The molecule has 0 bridgehead atoms. The van der Waals surface area contributed by atoms with Gasteiger partial charge >= 0.3 is 0 Å². The molecule has 1 aromatic rings. The van der Waals surface area contributed by atoms with E-state index < -0.39 is 5.91 Å². The summed E-state index contributed by atoms with van der Waals surface area (Å²) in [6.45, 7) is 0.170. The lowest BCUT2D eigenvalue weighted by Gasteiger charge is -2.02. The Labute approximate surface area is 95.3 Å². The van der Waals surface area contributed by atoms with E-state index in [9.17, 15) is 4.79 Å². The standard InChI is InChI=1S/C13H15NO2/c14-13(16)9-3-7-11-5-1-2-6-12(11)8-4-10-15/h1-2,5-6,15H,4,8-10H2,(H2,14,16). The molecule has 3 heteroatoms. The molecular weight excluding hydrogens is 202 g/mol. The van der Waals surface area contributed by atoms with Crippen LogP contribution in [0.2, 0.25) is 0 Å². The third-order valence-electron chi connectivity index (χ3n) is 2.11. The van der Waals surface area contributed by atoms with Crippen molar-refractivity contribution in [2.75, 3.05) is 6.61 Å². The first-order valence-corrected chi connectivity index (χ1v) is 5.20. The zero-order chi connectivity index (χ0) is 11.8. The largest absolute Gasteiger partial charge is 0.396 e. The van der Waals surface area contributed by atoms with Crippen molar-refractivity contribution < 1.29 is 9.90 Å². The van der Waals surface area contributed by atoms with Gasteiger partial charge in [-0.15, -0.1) is 0 Å². The van der Waals surface area contributed by atoms with Crippen LogP contribution in [0, 0.1) is 11.8 Å². The lowest BCUT2D eigenvalue weighted by Crippen LogP contribution is -2.08. The van der Waals surface area contributed by atoms with E-state index in [4.69, 9.17) is 10.8 Å². The van der Waals surface area contributed by atoms with E-state index in [1.807, 2.05) is 24.3 Å². The van der Waals surface area contributed by atoms with Crippen molar-refractivity contribution in [3.63, 3.8) is 0 Å². The number of rotatable bonds is 4. The number of carbonyl (C=O) groups excluding carboxylic acids is 1. The zero-order valence-electron chi connectivity index (χ0n) is 9.07. The van der Waals surface area contributed by atoms with Gasteiger partial charge in [-0.3, -0.25) is 4.79 Å². The number of aliphatic hydroxyl groups excluding tert-OH is 1. The molecule has 1 aromatic carbocycles. The Morgan fingerprint density at radius 2 is 2.12 bits per heavy atom.